The minimum atomic E-state index is 0.569. The van der Waals surface area contributed by atoms with Crippen molar-refractivity contribution in [2.24, 2.45) is 5.92 Å². The Bertz CT molecular complexity index is 283. The monoisotopic (exact) mass is 175 g/mol. The first-order chi connectivity index (χ1) is 6.33. The third-order valence-electron chi connectivity index (χ3n) is 3.06. The first-order valence-corrected chi connectivity index (χ1v) is 5.09. The molecular weight excluding hydrogens is 158 g/mol. The summed E-state index contributed by atoms with van der Waals surface area (Å²) in [7, 11) is 0. The number of hydrogen-bond acceptors (Lipinski definition) is 1. The zero-order valence-corrected chi connectivity index (χ0v) is 8.38. The van der Waals surface area contributed by atoms with Crippen molar-refractivity contribution in [3.05, 3.63) is 35.6 Å². The predicted octanol–water partition coefficient (Wildman–Crippen LogP) is 2.77. The third-order valence-corrected chi connectivity index (χ3v) is 3.06. The molecule has 1 heterocycles. The largest absolute Gasteiger partial charge is 0.378 e. The van der Waals surface area contributed by atoms with Gasteiger partial charge in [-0.2, -0.15) is 0 Å². The summed E-state index contributed by atoms with van der Waals surface area (Å²) in [6.07, 6.45) is 11.4. The first-order valence-electron chi connectivity index (χ1n) is 5.09. The molecule has 2 atom stereocenters. The lowest BCUT2D eigenvalue weighted by Gasteiger charge is -2.21. The molecule has 13 heavy (non-hydrogen) atoms. The van der Waals surface area contributed by atoms with Crippen molar-refractivity contribution in [3.8, 4) is 0 Å². The van der Waals surface area contributed by atoms with Crippen molar-refractivity contribution in [1.82, 2.24) is 5.32 Å². The molecule has 0 aromatic rings. The lowest BCUT2D eigenvalue weighted by Crippen LogP contribution is -2.28. The van der Waals surface area contributed by atoms with Gasteiger partial charge in [0.1, 0.15) is 0 Å². The summed E-state index contributed by atoms with van der Waals surface area (Å²) in [5, 5.41) is 3.55. The van der Waals surface area contributed by atoms with Crippen LogP contribution in [0.1, 0.15) is 26.7 Å². The number of fused-ring (bicyclic) bond motifs is 1. The van der Waals surface area contributed by atoms with Gasteiger partial charge in [-0.25, -0.2) is 0 Å². The molecule has 1 heteroatoms. The van der Waals surface area contributed by atoms with Crippen molar-refractivity contribution in [2.75, 3.05) is 0 Å². The molecule has 1 unspecified atom stereocenters. The molecule has 0 aromatic carbocycles. The Morgan fingerprint density at radius 2 is 2.38 bits per heavy atom. The molecular formula is C12H17N. The van der Waals surface area contributed by atoms with Crippen LogP contribution in [0, 0.1) is 5.92 Å². The first kappa shape index (κ1) is 8.61. The summed E-state index contributed by atoms with van der Waals surface area (Å²) < 4.78 is 0. The van der Waals surface area contributed by atoms with Gasteiger partial charge in [-0.05, 0) is 38.3 Å². The van der Waals surface area contributed by atoms with Crippen LogP contribution in [0.25, 0.3) is 0 Å². The number of hydrogen-bond donors (Lipinski definition) is 1. The van der Waals surface area contributed by atoms with Gasteiger partial charge in [0.2, 0.25) is 0 Å². The summed E-state index contributed by atoms with van der Waals surface area (Å²) in [5.74, 6) is 0.746. The highest BCUT2D eigenvalue weighted by molar-refractivity contribution is 5.34. The van der Waals surface area contributed by atoms with Crippen LogP contribution in [0.4, 0.5) is 0 Å². The average molecular weight is 175 g/mol. The van der Waals surface area contributed by atoms with Crippen LogP contribution in [0.3, 0.4) is 0 Å². The maximum Gasteiger partial charge on any atom is 0.0510 e. The van der Waals surface area contributed by atoms with Gasteiger partial charge in [0.05, 0.1) is 6.04 Å². The van der Waals surface area contributed by atoms with E-state index in [1.165, 1.54) is 24.1 Å². The molecule has 0 bridgehead atoms. The average Bonchev–Trinajstić information content (AvgIpc) is 2.46. The highest BCUT2D eigenvalue weighted by Gasteiger charge is 2.29. The highest BCUT2D eigenvalue weighted by Crippen LogP contribution is 2.33. The molecule has 70 valence electrons. The van der Waals surface area contributed by atoms with Gasteiger partial charge < -0.3 is 5.32 Å². The quantitative estimate of drug-likeness (QED) is 0.604. The standard InChI is InChI=1S/C12H17N/c1-3-6-11-9(2)10-7-4-5-8-12(10)13-11/h3,5-6,8,10,12-13H,4,7H2,1-2H3/t10-,12?/m1/s1. The van der Waals surface area contributed by atoms with Gasteiger partial charge in [-0.1, -0.05) is 18.2 Å². The van der Waals surface area contributed by atoms with E-state index in [-0.39, 0.29) is 0 Å². The van der Waals surface area contributed by atoms with Crippen LogP contribution in [-0.2, 0) is 0 Å². The molecule has 0 radical (unpaired) electrons. The van der Waals surface area contributed by atoms with Crippen molar-refractivity contribution in [3.63, 3.8) is 0 Å². The Kier molecular flexibility index (Phi) is 2.26. The van der Waals surface area contributed by atoms with Crippen LogP contribution in [0.15, 0.2) is 35.6 Å². The molecule has 0 aromatic heterocycles. The van der Waals surface area contributed by atoms with E-state index < -0.39 is 0 Å². The molecule has 1 aliphatic carbocycles. The Hall–Kier alpha value is -0.980. The van der Waals surface area contributed by atoms with Crippen molar-refractivity contribution in [1.29, 1.82) is 0 Å². The number of allylic oxidation sites excluding steroid dienone is 3. The Labute approximate surface area is 80.2 Å². The third kappa shape index (κ3) is 1.43. The Morgan fingerprint density at radius 1 is 1.54 bits per heavy atom. The van der Waals surface area contributed by atoms with Crippen molar-refractivity contribution < 1.29 is 0 Å². The normalized spacial score (nSPS) is 32.5. The van der Waals surface area contributed by atoms with Crippen LogP contribution < -0.4 is 5.32 Å². The van der Waals surface area contributed by atoms with Crippen molar-refractivity contribution >= 4 is 0 Å². The summed E-state index contributed by atoms with van der Waals surface area (Å²) in [6.45, 7) is 4.33. The predicted molar refractivity (Wildman–Crippen MR) is 56.3 cm³/mol. The molecule has 0 spiro atoms. The summed E-state index contributed by atoms with van der Waals surface area (Å²) >= 11 is 0. The summed E-state index contributed by atoms with van der Waals surface area (Å²) in [5.41, 5.74) is 2.87. The van der Waals surface area contributed by atoms with Crippen LogP contribution >= 0.6 is 0 Å². The van der Waals surface area contributed by atoms with E-state index in [1.807, 2.05) is 0 Å². The fraction of sp³-hybridized carbons (Fsp3) is 0.500. The van der Waals surface area contributed by atoms with Gasteiger partial charge in [0.25, 0.3) is 0 Å². The zero-order valence-electron chi connectivity index (χ0n) is 8.38. The number of rotatable bonds is 1. The lowest BCUT2D eigenvalue weighted by atomic mass is 9.87. The number of nitrogens with one attached hydrogen (secondary N) is 1. The van der Waals surface area contributed by atoms with E-state index in [1.54, 1.807) is 0 Å². The second-order valence-electron chi connectivity index (χ2n) is 3.88. The zero-order chi connectivity index (χ0) is 9.26. The van der Waals surface area contributed by atoms with Crippen molar-refractivity contribution in [2.45, 2.75) is 32.7 Å². The topological polar surface area (TPSA) is 12.0 Å². The van der Waals surface area contributed by atoms with Gasteiger partial charge in [0, 0.05) is 11.6 Å². The molecule has 0 fully saturated rings. The summed E-state index contributed by atoms with van der Waals surface area (Å²) in [4.78, 5) is 0. The lowest BCUT2D eigenvalue weighted by molar-refractivity contribution is 0.487. The fourth-order valence-electron chi connectivity index (χ4n) is 2.31. The minimum absolute atomic E-state index is 0.569. The SMILES string of the molecule is CC=CC1=C(C)[C@H]2CCC=CC2N1. The molecule has 0 saturated carbocycles. The fourth-order valence-corrected chi connectivity index (χ4v) is 2.31. The Balaban J connectivity index is 2.23. The summed E-state index contributed by atoms with van der Waals surface area (Å²) in [6, 6.07) is 0.569. The molecule has 1 aliphatic heterocycles. The van der Waals surface area contributed by atoms with Gasteiger partial charge in [0.15, 0.2) is 0 Å². The molecule has 0 saturated heterocycles. The molecule has 2 aliphatic rings. The maximum atomic E-state index is 3.55. The second-order valence-corrected chi connectivity index (χ2v) is 3.88. The maximum absolute atomic E-state index is 3.55. The van der Waals surface area contributed by atoms with Crippen LogP contribution in [0.5, 0.6) is 0 Å². The minimum Gasteiger partial charge on any atom is -0.378 e. The molecule has 2 rings (SSSR count). The van der Waals surface area contributed by atoms with E-state index in [0.717, 1.165) is 5.92 Å². The van der Waals surface area contributed by atoms with Gasteiger partial charge in [-0.3, -0.25) is 0 Å². The molecule has 0 amide bonds. The van der Waals surface area contributed by atoms with E-state index >= 15 is 0 Å². The molecule has 1 nitrogen and oxygen atoms in total. The van der Waals surface area contributed by atoms with E-state index in [4.69, 9.17) is 0 Å². The smallest absolute Gasteiger partial charge is 0.0510 e. The molecule has 1 N–H and O–H groups in total. The Morgan fingerprint density at radius 3 is 3.08 bits per heavy atom. The van der Waals surface area contributed by atoms with E-state index in [9.17, 15) is 0 Å². The highest BCUT2D eigenvalue weighted by atomic mass is 15.0. The van der Waals surface area contributed by atoms with E-state index in [0.29, 0.717) is 6.04 Å². The van der Waals surface area contributed by atoms with Crippen LogP contribution in [0.2, 0.25) is 0 Å². The van der Waals surface area contributed by atoms with E-state index in [2.05, 4.69) is 43.5 Å². The van der Waals surface area contributed by atoms with Gasteiger partial charge >= 0.3 is 0 Å². The van der Waals surface area contributed by atoms with Gasteiger partial charge in [-0.15, -0.1) is 0 Å². The second kappa shape index (κ2) is 3.41. The van der Waals surface area contributed by atoms with Crippen LogP contribution in [-0.4, -0.2) is 6.04 Å².